The third-order valence-electron chi connectivity index (χ3n) is 10.5. The lowest BCUT2D eigenvalue weighted by molar-refractivity contribution is -0.145. The van der Waals surface area contributed by atoms with Crippen molar-refractivity contribution in [3.63, 3.8) is 0 Å². The SMILES string of the molecule is Cc1c(-c2c(-c3cccc4ccoc34)ncc3snc(O[C@H](Cc4ccccc4OCc4ccnn4CC(F)(F)F)C(=O)O)c23)ccc(OCCN2CCN(C)CC2)c1Cl. The average Bonchev–Trinajstić information content (AvgIpc) is 3.99. The lowest BCUT2D eigenvalue weighted by Gasteiger charge is -2.32. The number of alkyl halides is 3. The molecule has 1 atom stereocenters. The minimum absolute atomic E-state index is 0.0742. The minimum Gasteiger partial charge on any atom is -0.491 e. The van der Waals surface area contributed by atoms with Crippen molar-refractivity contribution in [1.29, 1.82) is 0 Å². The molecule has 312 valence electrons. The molecule has 0 aliphatic carbocycles. The van der Waals surface area contributed by atoms with Crippen molar-refractivity contribution in [3.8, 4) is 39.8 Å². The van der Waals surface area contributed by atoms with Crippen LogP contribution in [0.4, 0.5) is 13.2 Å². The van der Waals surface area contributed by atoms with Crippen LogP contribution in [0.25, 0.3) is 43.4 Å². The number of furan rings is 1. The summed E-state index contributed by atoms with van der Waals surface area (Å²) in [6, 6.07) is 19.5. The van der Waals surface area contributed by atoms with Crippen molar-refractivity contribution < 1.29 is 41.7 Å². The van der Waals surface area contributed by atoms with Gasteiger partial charge in [-0.1, -0.05) is 48.0 Å². The fourth-order valence-corrected chi connectivity index (χ4v) is 8.23. The van der Waals surface area contributed by atoms with Crippen LogP contribution in [0.5, 0.6) is 17.4 Å². The van der Waals surface area contributed by atoms with Gasteiger partial charge in [0.15, 0.2) is 0 Å². The van der Waals surface area contributed by atoms with Crippen molar-refractivity contribution in [2.45, 2.75) is 38.8 Å². The maximum absolute atomic E-state index is 13.1. The lowest BCUT2D eigenvalue weighted by atomic mass is 9.92. The van der Waals surface area contributed by atoms with Crippen molar-refractivity contribution in [3.05, 3.63) is 107 Å². The molecule has 0 bridgehead atoms. The quantitative estimate of drug-likeness (QED) is 0.106. The molecule has 0 unspecified atom stereocenters. The van der Waals surface area contributed by atoms with E-state index in [0.29, 0.717) is 66.6 Å². The molecule has 1 N–H and O–H groups in total. The number of rotatable bonds is 15. The Labute approximate surface area is 351 Å². The number of likely N-dealkylation sites (N-methyl/N-ethyl adjacent to an activating group) is 1. The first-order valence-electron chi connectivity index (χ1n) is 19.2. The van der Waals surface area contributed by atoms with Crippen LogP contribution in [0, 0.1) is 6.92 Å². The van der Waals surface area contributed by atoms with E-state index in [2.05, 4.69) is 26.3 Å². The van der Waals surface area contributed by atoms with Crippen LogP contribution in [-0.2, 0) is 24.4 Å². The topological polar surface area (TPSA) is 128 Å². The second-order valence-corrected chi connectivity index (χ2v) is 15.7. The highest BCUT2D eigenvalue weighted by Gasteiger charge is 2.31. The molecular formula is C43H40ClF3N6O6S. The molecule has 7 aromatic rings. The third kappa shape index (κ3) is 8.92. The molecule has 12 nitrogen and oxygen atoms in total. The Morgan fingerprint density at radius 3 is 2.62 bits per heavy atom. The van der Waals surface area contributed by atoms with Crippen LogP contribution in [0.15, 0.2) is 89.8 Å². The van der Waals surface area contributed by atoms with Crippen LogP contribution in [0.3, 0.4) is 0 Å². The van der Waals surface area contributed by atoms with Crippen molar-refractivity contribution in [1.82, 2.24) is 28.9 Å². The number of benzene rings is 3. The summed E-state index contributed by atoms with van der Waals surface area (Å²) < 4.78 is 70.0. The Hall–Kier alpha value is -5.68. The van der Waals surface area contributed by atoms with Crippen molar-refractivity contribution >= 4 is 50.2 Å². The van der Waals surface area contributed by atoms with Gasteiger partial charge in [0.05, 0.1) is 32.8 Å². The summed E-state index contributed by atoms with van der Waals surface area (Å²) in [5, 5.41) is 16.1. The smallest absolute Gasteiger partial charge is 0.408 e. The predicted octanol–water partition coefficient (Wildman–Crippen LogP) is 8.77. The number of para-hydroxylation sites is 2. The number of fused-ring (bicyclic) bond motifs is 2. The number of carboxylic acids is 1. The number of aromatic nitrogens is 4. The number of pyridine rings is 1. The number of aliphatic carboxylic acids is 1. The van der Waals surface area contributed by atoms with E-state index in [1.807, 2.05) is 43.3 Å². The zero-order valence-electron chi connectivity index (χ0n) is 32.6. The van der Waals surface area contributed by atoms with E-state index >= 15 is 0 Å². The van der Waals surface area contributed by atoms with Gasteiger partial charge in [-0.3, -0.25) is 14.6 Å². The maximum Gasteiger partial charge on any atom is 0.408 e. The Balaban J connectivity index is 1.13. The zero-order chi connectivity index (χ0) is 42.0. The number of ether oxygens (including phenoxy) is 3. The molecule has 1 saturated heterocycles. The molecule has 60 heavy (non-hydrogen) atoms. The van der Waals surface area contributed by atoms with Gasteiger partial charge in [0.2, 0.25) is 12.0 Å². The standard InChI is InChI=1S/C43H40ClF3N6O6S/c1-26-30(10-11-33(38(26)44)56-21-19-52-17-15-51(2)16-18-52)36-37-35(23-48-39(36)31-8-5-7-27-13-20-57-40(27)31)60-50-41(37)59-34(42(54)55)22-28-6-3-4-9-32(28)58-24-29-12-14-49-53(29)25-43(45,46)47/h3-14,20,23,34H,15-19,21-22,24-25H2,1-2H3,(H,54,55)/t34-/m1/s1. The second kappa shape index (κ2) is 17.5. The first kappa shape index (κ1) is 41.1. The molecular weight excluding hydrogens is 821 g/mol. The molecule has 4 aromatic heterocycles. The fraction of sp³-hybridized carbons (Fsp3) is 0.302. The fourth-order valence-electron chi connectivity index (χ4n) is 7.31. The molecule has 0 saturated carbocycles. The highest BCUT2D eigenvalue weighted by Crippen LogP contribution is 2.47. The third-order valence-corrected chi connectivity index (χ3v) is 11.7. The molecule has 1 aliphatic rings. The number of nitrogens with zero attached hydrogens (tertiary/aromatic N) is 6. The second-order valence-electron chi connectivity index (χ2n) is 14.5. The van der Waals surface area contributed by atoms with Gasteiger partial charge in [-0.15, -0.1) is 0 Å². The molecule has 5 heterocycles. The Kier molecular flexibility index (Phi) is 12.0. The van der Waals surface area contributed by atoms with E-state index in [4.69, 9.17) is 35.2 Å². The molecule has 0 radical (unpaired) electrons. The molecule has 0 amide bonds. The number of carbonyl (C=O) groups is 1. The summed E-state index contributed by atoms with van der Waals surface area (Å²) in [4.78, 5) is 22.5. The van der Waals surface area contributed by atoms with E-state index in [9.17, 15) is 23.1 Å². The Morgan fingerprint density at radius 1 is 1.00 bits per heavy atom. The Bertz CT molecular complexity index is 2640. The number of halogens is 4. The van der Waals surface area contributed by atoms with E-state index in [1.165, 1.54) is 12.3 Å². The highest BCUT2D eigenvalue weighted by atomic mass is 35.5. The molecule has 8 rings (SSSR count). The Morgan fingerprint density at radius 2 is 1.82 bits per heavy atom. The lowest BCUT2D eigenvalue weighted by Crippen LogP contribution is -2.45. The summed E-state index contributed by atoms with van der Waals surface area (Å²) in [7, 11) is 2.12. The zero-order valence-corrected chi connectivity index (χ0v) is 34.2. The highest BCUT2D eigenvalue weighted by molar-refractivity contribution is 7.13. The summed E-state index contributed by atoms with van der Waals surface area (Å²) in [6.45, 7) is 5.57. The molecule has 17 heteroatoms. The minimum atomic E-state index is -4.47. The summed E-state index contributed by atoms with van der Waals surface area (Å²) in [6.07, 6.45) is -1.53. The van der Waals surface area contributed by atoms with E-state index in [-0.39, 0.29) is 30.4 Å². The normalized spacial score (nSPS) is 14.5. The van der Waals surface area contributed by atoms with Gasteiger partial charge in [0.1, 0.15) is 36.8 Å². The molecule has 1 aliphatic heterocycles. The molecule has 1 fully saturated rings. The van der Waals surface area contributed by atoms with Crippen LogP contribution in [0.2, 0.25) is 5.02 Å². The van der Waals surface area contributed by atoms with Gasteiger partial charge in [-0.05, 0) is 72.5 Å². The van der Waals surface area contributed by atoms with Crippen molar-refractivity contribution in [2.24, 2.45) is 0 Å². The van der Waals surface area contributed by atoms with Crippen LogP contribution >= 0.6 is 23.1 Å². The predicted molar refractivity (Wildman–Crippen MR) is 222 cm³/mol. The largest absolute Gasteiger partial charge is 0.491 e. The average molecular weight is 861 g/mol. The van der Waals surface area contributed by atoms with E-state index in [0.717, 1.165) is 54.3 Å². The van der Waals surface area contributed by atoms with Gasteiger partial charge >= 0.3 is 12.1 Å². The van der Waals surface area contributed by atoms with Crippen molar-refractivity contribution in [2.75, 3.05) is 46.4 Å². The van der Waals surface area contributed by atoms with Gasteiger partial charge in [-0.25, -0.2) is 4.79 Å². The van der Waals surface area contributed by atoms with E-state index < -0.39 is 24.8 Å². The molecule has 3 aromatic carbocycles. The van der Waals surface area contributed by atoms with Crippen LogP contribution < -0.4 is 14.2 Å². The maximum atomic E-state index is 13.1. The van der Waals surface area contributed by atoms with E-state index in [1.54, 1.807) is 36.7 Å². The number of carboxylic acid groups (broad SMARTS) is 1. The number of piperazine rings is 1. The molecule has 0 spiro atoms. The first-order chi connectivity index (χ1) is 28.9. The van der Waals surface area contributed by atoms with Crippen LogP contribution in [0.1, 0.15) is 16.8 Å². The number of hydrogen-bond acceptors (Lipinski definition) is 11. The van der Waals surface area contributed by atoms with Gasteiger partial charge in [0.25, 0.3) is 0 Å². The summed E-state index contributed by atoms with van der Waals surface area (Å²) >= 11 is 8.20. The number of hydrogen-bond donors (Lipinski definition) is 1. The monoisotopic (exact) mass is 860 g/mol. The first-order valence-corrected chi connectivity index (χ1v) is 20.3. The van der Waals surface area contributed by atoms with Gasteiger partial charge < -0.3 is 28.6 Å². The van der Waals surface area contributed by atoms with Crippen LogP contribution in [-0.4, -0.2) is 98.7 Å². The van der Waals surface area contributed by atoms with Gasteiger partial charge in [0, 0.05) is 68.1 Å². The summed E-state index contributed by atoms with van der Waals surface area (Å²) in [5.74, 6) is -0.365. The summed E-state index contributed by atoms with van der Waals surface area (Å²) in [5.41, 5.74) is 4.57. The van der Waals surface area contributed by atoms with Gasteiger partial charge in [-0.2, -0.15) is 22.6 Å².